The summed E-state index contributed by atoms with van der Waals surface area (Å²) in [5, 5.41) is 9.07. The van der Waals surface area contributed by atoms with E-state index in [1.165, 1.54) is 0 Å². The van der Waals surface area contributed by atoms with E-state index in [0.717, 1.165) is 12.1 Å². The molecule has 1 aliphatic heterocycles. The molecule has 1 atom stereocenters. The third-order valence-electron chi connectivity index (χ3n) is 3.88. The molecule has 0 aliphatic carbocycles. The Hall–Kier alpha value is -1.63. The molecule has 1 heterocycles. The van der Waals surface area contributed by atoms with Crippen LogP contribution in [0.15, 0.2) is 18.2 Å². The first-order valence-electron chi connectivity index (χ1n) is 8.29. The van der Waals surface area contributed by atoms with Crippen LogP contribution in [0.1, 0.15) is 32.8 Å². The Morgan fingerprint density at radius 1 is 1.28 bits per heavy atom. The molecule has 3 N–H and O–H groups in total. The summed E-state index contributed by atoms with van der Waals surface area (Å²) in [4.78, 5) is 24.3. The number of carbonyl (C=O) groups is 2. The number of halogens is 1. The largest absolute Gasteiger partial charge is 0.378 e. The molecule has 25 heavy (non-hydrogen) atoms. The smallest absolute Gasteiger partial charge is 0.229 e. The Balaban J connectivity index is 0.00000312. The summed E-state index contributed by atoms with van der Waals surface area (Å²) in [7, 11) is 0. The summed E-state index contributed by atoms with van der Waals surface area (Å²) in [6.45, 7) is 9.51. The fraction of sp³-hybridized carbons (Fsp3) is 0.556. The van der Waals surface area contributed by atoms with E-state index < -0.39 is 5.41 Å². The first-order valence-corrected chi connectivity index (χ1v) is 8.29. The molecule has 7 heteroatoms. The number of hydrogen-bond donors (Lipinski definition) is 3. The molecule has 140 valence electrons. The van der Waals surface area contributed by atoms with Crippen molar-refractivity contribution in [1.29, 1.82) is 0 Å². The predicted octanol–water partition coefficient (Wildman–Crippen LogP) is 2.72. The van der Waals surface area contributed by atoms with Crippen molar-refractivity contribution < 1.29 is 14.3 Å². The number of ether oxygens (including phenoxy) is 1. The topological polar surface area (TPSA) is 79.5 Å². The summed E-state index contributed by atoms with van der Waals surface area (Å²) in [5.74, 6) is -0.132. The summed E-state index contributed by atoms with van der Waals surface area (Å²) in [6, 6.07) is 5.56. The number of rotatable bonds is 4. The standard InChI is InChI=1S/C18H27N3O3.ClH/c1-12-5-6-13(20-17(23)18(2,3)4)9-15(12)21-16(22)10-14-11-24-8-7-19-14;/h5-6,9,14,19H,7-8,10-11H2,1-4H3,(H,20,23)(H,21,22);1H. The van der Waals surface area contributed by atoms with Gasteiger partial charge in [0.05, 0.1) is 13.2 Å². The second-order valence-corrected chi connectivity index (χ2v) is 7.21. The van der Waals surface area contributed by atoms with Gasteiger partial charge in [-0.25, -0.2) is 0 Å². The minimum absolute atomic E-state index is 0. The Morgan fingerprint density at radius 2 is 2.00 bits per heavy atom. The Labute approximate surface area is 155 Å². The molecule has 0 bridgehead atoms. The van der Waals surface area contributed by atoms with Crippen LogP contribution < -0.4 is 16.0 Å². The van der Waals surface area contributed by atoms with Gasteiger partial charge in [0, 0.05) is 35.8 Å². The van der Waals surface area contributed by atoms with Crippen LogP contribution in [0.2, 0.25) is 0 Å². The Bertz CT molecular complexity index is 608. The van der Waals surface area contributed by atoms with E-state index in [-0.39, 0.29) is 30.3 Å². The zero-order chi connectivity index (χ0) is 17.7. The summed E-state index contributed by atoms with van der Waals surface area (Å²) >= 11 is 0. The third-order valence-corrected chi connectivity index (χ3v) is 3.88. The van der Waals surface area contributed by atoms with Crippen molar-refractivity contribution in [2.45, 2.75) is 40.2 Å². The number of nitrogens with one attached hydrogen (secondary N) is 3. The lowest BCUT2D eigenvalue weighted by molar-refractivity contribution is -0.123. The summed E-state index contributed by atoms with van der Waals surface area (Å²) < 4.78 is 5.36. The van der Waals surface area contributed by atoms with E-state index in [2.05, 4.69) is 16.0 Å². The van der Waals surface area contributed by atoms with Crippen LogP contribution in [0.5, 0.6) is 0 Å². The number of morpholine rings is 1. The maximum absolute atomic E-state index is 12.2. The summed E-state index contributed by atoms with van der Waals surface area (Å²) in [5.41, 5.74) is 1.87. The maximum Gasteiger partial charge on any atom is 0.229 e. The minimum atomic E-state index is -0.471. The lowest BCUT2D eigenvalue weighted by atomic mass is 9.95. The fourth-order valence-electron chi connectivity index (χ4n) is 2.33. The number of carbonyl (C=O) groups excluding carboxylic acids is 2. The van der Waals surface area contributed by atoms with Crippen molar-refractivity contribution in [3.05, 3.63) is 23.8 Å². The molecule has 1 fully saturated rings. The van der Waals surface area contributed by atoms with Gasteiger partial charge in [-0.2, -0.15) is 0 Å². The number of anilines is 2. The van der Waals surface area contributed by atoms with Crippen LogP contribution in [0, 0.1) is 12.3 Å². The van der Waals surface area contributed by atoms with Crippen molar-refractivity contribution in [2.24, 2.45) is 5.41 Å². The minimum Gasteiger partial charge on any atom is -0.378 e. The van der Waals surface area contributed by atoms with Gasteiger partial charge in [-0.1, -0.05) is 26.8 Å². The van der Waals surface area contributed by atoms with E-state index in [1.807, 2.05) is 39.8 Å². The first-order chi connectivity index (χ1) is 11.3. The van der Waals surface area contributed by atoms with Gasteiger partial charge in [-0.15, -0.1) is 12.4 Å². The van der Waals surface area contributed by atoms with Crippen molar-refractivity contribution >= 4 is 35.6 Å². The molecule has 1 saturated heterocycles. The number of benzene rings is 1. The third kappa shape index (κ3) is 6.65. The van der Waals surface area contributed by atoms with Crippen LogP contribution in [0.4, 0.5) is 11.4 Å². The first kappa shape index (κ1) is 21.4. The highest BCUT2D eigenvalue weighted by molar-refractivity contribution is 5.96. The average molecular weight is 370 g/mol. The SMILES string of the molecule is Cc1ccc(NC(=O)C(C)(C)C)cc1NC(=O)CC1COCCN1.Cl. The van der Waals surface area contributed by atoms with Crippen LogP contribution in [0.25, 0.3) is 0 Å². The molecule has 1 aliphatic rings. The highest BCUT2D eigenvalue weighted by Gasteiger charge is 2.21. The normalized spacial score (nSPS) is 17.4. The van der Waals surface area contributed by atoms with Crippen LogP contribution in [-0.2, 0) is 14.3 Å². The molecule has 0 saturated carbocycles. The molecule has 1 aromatic rings. The number of hydrogen-bond acceptors (Lipinski definition) is 4. The monoisotopic (exact) mass is 369 g/mol. The van der Waals surface area contributed by atoms with Gasteiger partial charge in [0.1, 0.15) is 0 Å². The average Bonchev–Trinajstić information content (AvgIpc) is 2.50. The van der Waals surface area contributed by atoms with Gasteiger partial charge in [-0.05, 0) is 24.6 Å². The molecule has 0 spiro atoms. The van der Waals surface area contributed by atoms with Gasteiger partial charge in [0.15, 0.2) is 0 Å². The lowest BCUT2D eigenvalue weighted by Crippen LogP contribution is -2.43. The highest BCUT2D eigenvalue weighted by atomic mass is 35.5. The Morgan fingerprint density at radius 3 is 2.60 bits per heavy atom. The van der Waals surface area contributed by atoms with Crippen LogP contribution in [-0.4, -0.2) is 37.6 Å². The second-order valence-electron chi connectivity index (χ2n) is 7.21. The molecule has 1 aromatic carbocycles. The zero-order valence-electron chi connectivity index (χ0n) is 15.3. The van der Waals surface area contributed by atoms with Crippen molar-refractivity contribution in [3.8, 4) is 0 Å². The van der Waals surface area contributed by atoms with Gasteiger partial charge < -0.3 is 20.7 Å². The predicted molar refractivity (Wildman–Crippen MR) is 102 cm³/mol. The van der Waals surface area contributed by atoms with Crippen LogP contribution >= 0.6 is 12.4 Å². The molecule has 0 aromatic heterocycles. The van der Waals surface area contributed by atoms with Crippen LogP contribution in [0.3, 0.4) is 0 Å². The van der Waals surface area contributed by atoms with Gasteiger partial charge >= 0.3 is 0 Å². The zero-order valence-corrected chi connectivity index (χ0v) is 16.1. The molecule has 1 unspecified atom stereocenters. The second kappa shape index (κ2) is 9.17. The van der Waals surface area contributed by atoms with Gasteiger partial charge in [0.25, 0.3) is 0 Å². The van der Waals surface area contributed by atoms with Gasteiger partial charge in [0.2, 0.25) is 11.8 Å². The Kier molecular flexibility index (Phi) is 7.86. The van der Waals surface area contributed by atoms with Crippen molar-refractivity contribution in [1.82, 2.24) is 5.32 Å². The van der Waals surface area contributed by atoms with E-state index in [1.54, 1.807) is 6.07 Å². The number of aryl methyl sites for hydroxylation is 1. The molecule has 0 radical (unpaired) electrons. The molecular formula is C18H28ClN3O3. The lowest BCUT2D eigenvalue weighted by Gasteiger charge is -2.23. The van der Waals surface area contributed by atoms with Gasteiger partial charge in [-0.3, -0.25) is 9.59 Å². The summed E-state index contributed by atoms with van der Waals surface area (Å²) in [6.07, 6.45) is 0.359. The van der Waals surface area contributed by atoms with E-state index in [9.17, 15) is 9.59 Å². The molecule has 2 amide bonds. The number of amides is 2. The molecular weight excluding hydrogens is 342 g/mol. The quantitative estimate of drug-likeness (QED) is 0.762. The van der Waals surface area contributed by atoms with Crippen molar-refractivity contribution in [2.75, 3.05) is 30.4 Å². The van der Waals surface area contributed by atoms with Crippen molar-refractivity contribution in [3.63, 3.8) is 0 Å². The molecule has 6 nitrogen and oxygen atoms in total. The van der Waals surface area contributed by atoms with E-state index in [0.29, 0.717) is 31.0 Å². The maximum atomic E-state index is 12.2. The van der Waals surface area contributed by atoms with E-state index in [4.69, 9.17) is 4.74 Å². The molecule has 2 rings (SSSR count). The fourth-order valence-corrected chi connectivity index (χ4v) is 2.33. The van der Waals surface area contributed by atoms with E-state index >= 15 is 0 Å². The highest BCUT2D eigenvalue weighted by Crippen LogP contribution is 2.23.